The Morgan fingerprint density at radius 3 is 3.00 bits per heavy atom. The Morgan fingerprint density at radius 1 is 1.59 bits per heavy atom. The van der Waals surface area contributed by atoms with Crippen LogP contribution in [-0.2, 0) is 6.54 Å². The van der Waals surface area contributed by atoms with E-state index in [4.69, 9.17) is 5.73 Å². The molecule has 0 fully saturated rings. The first-order valence-corrected chi connectivity index (χ1v) is 5.95. The van der Waals surface area contributed by atoms with Crippen molar-refractivity contribution in [2.24, 2.45) is 0 Å². The lowest BCUT2D eigenvalue weighted by atomic mass is 10.5. The number of nitrogens with one attached hydrogen (secondary N) is 1. The summed E-state index contributed by atoms with van der Waals surface area (Å²) < 4.78 is 1.69. The fraction of sp³-hybridized carbons (Fsp3) is 0.300. The van der Waals surface area contributed by atoms with Gasteiger partial charge in [0.2, 0.25) is 0 Å². The molecule has 0 aliphatic carbocycles. The van der Waals surface area contributed by atoms with Gasteiger partial charge in [-0.25, -0.2) is 4.98 Å². The molecule has 0 bridgehead atoms. The molecule has 6 nitrogen and oxygen atoms in total. The summed E-state index contributed by atoms with van der Waals surface area (Å²) in [6.07, 6.45) is 4.89. The Hall–Kier alpha value is -1.89. The molecule has 0 aliphatic heterocycles. The van der Waals surface area contributed by atoms with Crippen LogP contribution in [-0.4, -0.2) is 27.2 Å². The van der Waals surface area contributed by atoms with Gasteiger partial charge >= 0.3 is 0 Å². The van der Waals surface area contributed by atoms with Crippen LogP contribution in [0.1, 0.15) is 14.7 Å². The van der Waals surface area contributed by atoms with Crippen molar-refractivity contribution < 1.29 is 4.79 Å². The minimum atomic E-state index is -0.101. The summed E-state index contributed by atoms with van der Waals surface area (Å²) in [5.41, 5.74) is 6.15. The van der Waals surface area contributed by atoms with Gasteiger partial charge < -0.3 is 11.1 Å². The van der Waals surface area contributed by atoms with Crippen LogP contribution in [0.2, 0.25) is 0 Å². The van der Waals surface area contributed by atoms with Crippen molar-refractivity contribution in [1.82, 2.24) is 20.1 Å². The van der Waals surface area contributed by atoms with E-state index < -0.39 is 0 Å². The zero-order valence-electron chi connectivity index (χ0n) is 9.38. The molecule has 0 aliphatic rings. The van der Waals surface area contributed by atoms with Crippen LogP contribution in [0.5, 0.6) is 0 Å². The Bertz CT molecular complexity index is 518. The number of thiazole rings is 1. The number of rotatable bonds is 4. The molecular formula is C10H13N5OS. The standard InChI is InChI=1S/C10H13N5OS/c1-7-13-5-9(17-7)10(16)12-2-3-15-6-8(11)4-14-15/h4-6H,2-3,11H2,1H3,(H,12,16). The SMILES string of the molecule is Cc1ncc(C(=O)NCCn2cc(N)cn2)s1. The molecule has 17 heavy (non-hydrogen) atoms. The highest BCUT2D eigenvalue weighted by atomic mass is 32.1. The highest BCUT2D eigenvalue weighted by Crippen LogP contribution is 2.10. The van der Waals surface area contributed by atoms with Crippen LogP contribution in [0.25, 0.3) is 0 Å². The van der Waals surface area contributed by atoms with Gasteiger partial charge in [-0.15, -0.1) is 11.3 Å². The Labute approximate surface area is 102 Å². The highest BCUT2D eigenvalue weighted by molar-refractivity contribution is 7.13. The predicted molar refractivity (Wildman–Crippen MR) is 65.8 cm³/mol. The van der Waals surface area contributed by atoms with E-state index in [1.807, 2.05) is 6.92 Å². The molecule has 0 aromatic carbocycles. The van der Waals surface area contributed by atoms with Crippen LogP contribution in [0, 0.1) is 6.92 Å². The molecule has 0 saturated heterocycles. The van der Waals surface area contributed by atoms with E-state index in [1.54, 1.807) is 23.3 Å². The molecule has 0 radical (unpaired) electrons. The van der Waals surface area contributed by atoms with Crippen molar-refractivity contribution in [3.63, 3.8) is 0 Å². The topological polar surface area (TPSA) is 85.8 Å². The van der Waals surface area contributed by atoms with E-state index in [-0.39, 0.29) is 5.91 Å². The van der Waals surface area contributed by atoms with Crippen LogP contribution >= 0.6 is 11.3 Å². The van der Waals surface area contributed by atoms with Gasteiger partial charge in [0.05, 0.1) is 29.6 Å². The quantitative estimate of drug-likeness (QED) is 0.836. The largest absolute Gasteiger partial charge is 0.396 e. The maximum Gasteiger partial charge on any atom is 0.263 e. The summed E-state index contributed by atoms with van der Waals surface area (Å²) >= 11 is 1.38. The summed E-state index contributed by atoms with van der Waals surface area (Å²) in [5, 5.41) is 7.70. The first-order valence-electron chi connectivity index (χ1n) is 5.14. The van der Waals surface area contributed by atoms with Crippen molar-refractivity contribution >= 4 is 22.9 Å². The summed E-state index contributed by atoms with van der Waals surface area (Å²) in [5.74, 6) is -0.101. The number of anilines is 1. The molecular weight excluding hydrogens is 238 g/mol. The Balaban J connectivity index is 1.81. The van der Waals surface area contributed by atoms with E-state index in [0.29, 0.717) is 23.7 Å². The number of carbonyl (C=O) groups is 1. The van der Waals surface area contributed by atoms with E-state index >= 15 is 0 Å². The van der Waals surface area contributed by atoms with E-state index in [9.17, 15) is 4.79 Å². The van der Waals surface area contributed by atoms with E-state index in [1.165, 1.54) is 11.3 Å². The average Bonchev–Trinajstić information content (AvgIpc) is 2.88. The number of aryl methyl sites for hydroxylation is 1. The molecule has 0 unspecified atom stereocenters. The van der Waals surface area contributed by atoms with Crippen molar-refractivity contribution in [3.05, 3.63) is 28.5 Å². The second-order valence-electron chi connectivity index (χ2n) is 3.54. The van der Waals surface area contributed by atoms with Crippen molar-refractivity contribution in [2.75, 3.05) is 12.3 Å². The van der Waals surface area contributed by atoms with Gasteiger partial charge in [0.1, 0.15) is 4.88 Å². The lowest BCUT2D eigenvalue weighted by molar-refractivity contribution is 0.0956. The van der Waals surface area contributed by atoms with E-state index in [2.05, 4.69) is 15.4 Å². The minimum absolute atomic E-state index is 0.101. The molecule has 2 rings (SSSR count). The van der Waals surface area contributed by atoms with Crippen LogP contribution in [0.3, 0.4) is 0 Å². The smallest absolute Gasteiger partial charge is 0.263 e. The van der Waals surface area contributed by atoms with Gasteiger partial charge in [-0.3, -0.25) is 9.48 Å². The van der Waals surface area contributed by atoms with E-state index in [0.717, 1.165) is 5.01 Å². The monoisotopic (exact) mass is 251 g/mol. The molecule has 0 spiro atoms. The predicted octanol–water partition coefficient (Wildman–Crippen LogP) is 0.660. The summed E-state index contributed by atoms with van der Waals surface area (Å²) in [7, 11) is 0. The Morgan fingerprint density at radius 2 is 2.41 bits per heavy atom. The normalized spacial score (nSPS) is 10.4. The molecule has 0 saturated carbocycles. The van der Waals surface area contributed by atoms with Gasteiger partial charge in [0.15, 0.2) is 0 Å². The molecule has 2 heterocycles. The van der Waals surface area contributed by atoms with Crippen molar-refractivity contribution in [2.45, 2.75) is 13.5 Å². The van der Waals surface area contributed by atoms with Gasteiger partial charge in [-0.1, -0.05) is 0 Å². The molecule has 2 aromatic heterocycles. The molecule has 3 N–H and O–H groups in total. The van der Waals surface area contributed by atoms with Crippen LogP contribution < -0.4 is 11.1 Å². The van der Waals surface area contributed by atoms with Crippen LogP contribution in [0.15, 0.2) is 18.6 Å². The Kier molecular flexibility index (Phi) is 3.38. The number of amides is 1. The zero-order valence-corrected chi connectivity index (χ0v) is 10.2. The molecule has 2 aromatic rings. The molecule has 7 heteroatoms. The summed E-state index contributed by atoms with van der Waals surface area (Å²) in [6.45, 7) is 2.98. The average molecular weight is 251 g/mol. The maximum absolute atomic E-state index is 11.7. The zero-order chi connectivity index (χ0) is 12.3. The molecule has 0 atom stereocenters. The number of nitrogen functional groups attached to an aromatic ring is 1. The summed E-state index contributed by atoms with van der Waals surface area (Å²) in [6, 6.07) is 0. The first-order chi connectivity index (χ1) is 8.15. The maximum atomic E-state index is 11.7. The van der Waals surface area contributed by atoms with Gasteiger partial charge in [0.25, 0.3) is 5.91 Å². The minimum Gasteiger partial charge on any atom is -0.396 e. The molecule has 1 amide bonds. The molecule has 90 valence electrons. The second-order valence-corrected chi connectivity index (χ2v) is 4.77. The lowest BCUT2D eigenvalue weighted by Gasteiger charge is -2.03. The number of hydrogen-bond donors (Lipinski definition) is 2. The first kappa shape index (κ1) is 11.6. The van der Waals surface area contributed by atoms with Gasteiger partial charge in [-0.2, -0.15) is 5.10 Å². The van der Waals surface area contributed by atoms with Crippen molar-refractivity contribution in [3.8, 4) is 0 Å². The van der Waals surface area contributed by atoms with Crippen LogP contribution in [0.4, 0.5) is 5.69 Å². The third-order valence-corrected chi connectivity index (χ3v) is 3.04. The fourth-order valence-corrected chi connectivity index (χ4v) is 2.03. The number of carbonyl (C=O) groups excluding carboxylic acids is 1. The highest BCUT2D eigenvalue weighted by Gasteiger charge is 2.07. The van der Waals surface area contributed by atoms with Crippen molar-refractivity contribution in [1.29, 1.82) is 0 Å². The number of hydrogen-bond acceptors (Lipinski definition) is 5. The summed E-state index contributed by atoms with van der Waals surface area (Å²) in [4.78, 5) is 16.3. The third-order valence-electron chi connectivity index (χ3n) is 2.12. The lowest BCUT2D eigenvalue weighted by Crippen LogP contribution is -2.26. The number of aromatic nitrogens is 3. The van der Waals surface area contributed by atoms with Gasteiger partial charge in [-0.05, 0) is 6.92 Å². The second kappa shape index (κ2) is 4.96. The third kappa shape index (κ3) is 3.04. The fourth-order valence-electron chi connectivity index (χ4n) is 1.34. The van der Waals surface area contributed by atoms with Gasteiger partial charge in [0, 0.05) is 12.7 Å². The number of nitrogens with zero attached hydrogens (tertiary/aromatic N) is 3. The number of nitrogens with two attached hydrogens (primary N) is 1.